The van der Waals surface area contributed by atoms with Gasteiger partial charge in [-0.15, -0.1) is 0 Å². The van der Waals surface area contributed by atoms with Gasteiger partial charge in [-0.3, -0.25) is 9.69 Å². The van der Waals surface area contributed by atoms with Crippen LogP contribution >= 0.6 is 0 Å². The van der Waals surface area contributed by atoms with Crippen LogP contribution in [0, 0.1) is 0 Å². The molecule has 4 rings (SSSR count). The normalized spacial score (nSPS) is 21.4. The molecule has 0 bridgehead atoms. The summed E-state index contributed by atoms with van der Waals surface area (Å²) < 4.78 is 0. The molecule has 1 aromatic rings. The molecular weight excluding hydrogens is 400 g/mol. The third-order valence-corrected chi connectivity index (χ3v) is 6.90. The maximum absolute atomic E-state index is 13.0. The number of nitrogens with zero attached hydrogens (tertiary/aromatic N) is 5. The van der Waals surface area contributed by atoms with Crippen LogP contribution in [-0.2, 0) is 17.6 Å². The van der Waals surface area contributed by atoms with E-state index in [1.165, 1.54) is 19.3 Å². The van der Waals surface area contributed by atoms with E-state index in [1.54, 1.807) is 25.2 Å². The van der Waals surface area contributed by atoms with Crippen molar-refractivity contribution in [3.8, 4) is 0 Å². The monoisotopic (exact) mass is 436 g/mol. The minimum atomic E-state index is 0.00261. The van der Waals surface area contributed by atoms with Crippen LogP contribution in [0.2, 0.25) is 0 Å². The average Bonchev–Trinajstić information content (AvgIpc) is 2.74. The van der Waals surface area contributed by atoms with Crippen molar-refractivity contribution in [1.82, 2.24) is 19.8 Å². The van der Waals surface area contributed by atoms with Crippen molar-refractivity contribution in [2.45, 2.75) is 51.5 Å². The number of aryl methyl sites for hydroxylation is 1. The van der Waals surface area contributed by atoms with Crippen molar-refractivity contribution in [3.05, 3.63) is 53.5 Å². The molecule has 7 nitrogen and oxygen atoms in total. The lowest BCUT2D eigenvalue weighted by molar-refractivity contribution is -0.126. The molecule has 3 heterocycles. The number of nitrogens with two attached hydrogens (primary N) is 1. The number of anilines is 1. The largest absolute Gasteiger partial charge is 0.402 e. The molecule has 0 atom stereocenters. The van der Waals surface area contributed by atoms with Crippen LogP contribution in [0.25, 0.3) is 0 Å². The van der Waals surface area contributed by atoms with Gasteiger partial charge in [0, 0.05) is 68.5 Å². The van der Waals surface area contributed by atoms with Gasteiger partial charge in [-0.2, -0.15) is 0 Å². The zero-order valence-electron chi connectivity index (χ0n) is 19.3. The molecule has 7 heteroatoms. The van der Waals surface area contributed by atoms with Crippen LogP contribution in [0.5, 0.6) is 0 Å². The SMILES string of the molecule is C=C/C(=C\C=C(/C)N)C(=O)N1CCCc2nc(N3CCN(C4CCC4)CC3)ncc2CC1. The fraction of sp³-hybridized carbons (Fsp3) is 0.560. The van der Waals surface area contributed by atoms with Gasteiger partial charge in [0.1, 0.15) is 0 Å². The predicted molar refractivity (Wildman–Crippen MR) is 128 cm³/mol. The predicted octanol–water partition coefficient (Wildman–Crippen LogP) is 2.44. The molecule has 0 radical (unpaired) electrons. The maximum Gasteiger partial charge on any atom is 0.253 e. The van der Waals surface area contributed by atoms with Crippen molar-refractivity contribution in [2.75, 3.05) is 44.2 Å². The number of allylic oxidation sites excluding steroid dienone is 3. The molecule has 0 unspecified atom stereocenters. The Labute approximate surface area is 191 Å². The minimum Gasteiger partial charge on any atom is -0.402 e. The molecule has 1 aromatic heterocycles. The van der Waals surface area contributed by atoms with Crippen molar-refractivity contribution >= 4 is 11.9 Å². The molecule has 1 aliphatic carbocycles. The molecule has 0 aromatic carbocycles. The Balaban J connectivity index is 1.38. The fourth-order valence-corrected chi connectivity index (χ4v) is 4.69. The van der Waals surface area contributed by atoms with Crippen molar-refractivity contribution in [2.24, 2.45) is 5.73 Å². The molecular formula is C25H36N6O. The first-order valence-corrected chi connectivity index (χ1v) is 11.9. The Morgan fingerprint density at radius 3 is 2.53 bits per heavy atom. The number of aromatic nitrogens is 2. The number of rotatable bonds is 5. The topological polar surface area (TPSA) is 78.6 Å². The van der Waals surface area contributed by atoms with E-state index in [4.69, 9.17) is 15.7 Å². The Bertz CT molecular complexity index is 892. The van der Waals surface area contributed by atoms with Crippen molar-refractivity contribution < 1.29 is 4.79 Å². The van der Waals surface area contributed by atoms with E-state index in [9.17, 15) is 4.79 Å². The van der Waals surface area contributed by atoms with E-state index in [-0.39, 0.29) is 5.91 Å². The summed E-state index contributed by atoms with van der Waals surface area (Å²) in [4.78, 5) is 29.5. The summed E-state index contributed by atoms with van der Waals surface area (Å²) >= 11 is 0. The summed E-state index contributed by atoms with van der Waals surface area (Å²) in [5.74, 6) is 0.870. The highest BCUT2D eigenvalue weighted by Crippen LogP contribution is 2.26. The number of piperazine rings is 1. The highest BCUT2D eigenvalue weighted by atomic mass is 16.2. The molecule has 32 heavy (non-hydrogen) atoms. The van der Waals surface area contributed by atoms with Gasteiger partial charge in [-0.1, -0.05) is 19.1 Å². The number of fused-ring (bicyclic) bond motifs is 1. The highest BCUT2D eigenvalue weighted by Gasteiger charge is 2.29. The second-order valence-corrected chi connectivity index (χ2v) is 9.13. The first-order chi connectivity index (χ1) is 15.5. The second kappa shape index (κ2) is 10.3. The van der Waals surface area contributed by atoms with Crippen LogP contribution in [0.15, 0.2) is 42.3 Å². The summed E-state index contributed by atoms with van der Waals surface area (Å²) in [5.41, 5.74) is 9.24. The minimum absolute atomic E-state index is 0.00261. The molecule has 0 spiro atoms. The second-order valence-electron chi connectivity index (χ2n) is 9.13. The van der Waals surface area contributed by atoms with Crippen LogP contribution < -0.4 is 10.6 Å². The number of amides is 1. The van der Waals surface area contributed by atoms with Gasteiger partial charge in [0.05, 0.1) is 0 Å². The first-order valence-electron chi connectivity index (χ1n) is 11.9. The van der Waals surface area contributed by atoms with E-state index in [0.717, 1.165) is 68.7 Å². The van der Waals surface area contributed by atoms with Crippen LogP contribution in [0.1, 0.15) is 43.9 Å². The first kappa shape index (κ1) is 22.5. The Kier molecular flexibility index (Phi) is 7.25. The van der Waals surface area contributed by atoms with Gasteiger partial charge < -0.3 is 15.5 Å². The molecule has 2 aliphatic heterocycles. The van der Waals surface area contributed by atoms with Gasteiger partial charge in [-0.05, 0) is 56.7 Å². The van der Waals surface area contributed by atoms with Gasteiger partial charge in [0.15, 0.2) is 0 Å². The Hall–Kier alpha value is -2.67. The van der Waals surface area contributed by atoms with Crippen molar-refractivity contribution in [3.63, 3.8) is 0 Å². The lowest BCUT2D eigenvalue weighted by atomic mass is 9.91. The number of carbonyl (C=O) groups is 1. The molecule has 1 amide bonds. The summed E-state index contributed by atoms with van der Waals surface area (Å²) in [7, 11) is 0. The molecule has 1 saturated heterocycles. The van der Waals surface area contributed by atoms with E-state index < -0.39 is 0 Å². The lowest BCUT2D eigenvalue weighted by Gasteiger charge is -2.43. The van der Waals surface area contributed by atoms with Gasteiger partial charge >= 0.3 is 0 Å². The summed E-state index contributed by atoms with van der Waals surface area (Å²) in [6, 6.07) is 0.811. The van der Waals surface area contributed by atoms with E-state index in [0.29, 0.717) is 24.4 Å². The van der Waals surface area contributed by atoms with Crippen LogP contribution in [-0.4, -0.2) is 71.0 Å². The van der Waals surface area contributed by atoms with E-state index in [1.807, 2.05) is 11.1 Å². The Morgan fingerprint density at radius 1 is 1.09 bits per heavy atom. The van der Waals surface area contributed by atoms with Gasteiger partial charge in [0.2, 0.25) is 5.95 Å². The van der Waals surface area contributed by atoms with Gasteiger partial charge in [0.25, 0.3) is 5.91 Å². The maximum atomic E-state index is 13.0. The molecule has 2 N–H and O–H groups in total. The molecule has 1 saturated carbocycles. The summed E-state index contributed by atoms with van der Waals surface area (Å²) in [5, 5.41) is 0. The van der Waals surface area contributed by atoms with Crippen LogP contribution in [0.4, 0.5) is 5.95 Å². The summed E-state index contributed by atoms with van der Waals surface area (Å²) in [6.45, 7) is 11.2. The van der Waals surface area contributed by atoms with E-state index >= 15 is 0 Å². The highest BCUT2D eigenvalue weighted by molar-refractivity contribution is 5.96. The van der Waals surface area contributed by atoms with Crippen LogP contribution in [0.3, 0.4) is 0 Å². The fourth-order valence-electron chi connectivity index (χ4n) is 4.69. The zero-order valence-corrected chi connectivity index (χ0v) is 19.3. The van der Waals surface area contributed by atoms with Crippen molar-refractivity contribution in [1.29, 1.82) is 0 Å². The number of carbonyl (C=O) groups excluding carboxylic acids is 1. The third kappa shape index (κ3) is 5.21. The molecule has 172 valence electrons. The van der Waals surface area contributed by atoms with E-state index in [2.05, 4.69) is 16.4 Å². The van der Waals surface area contributed by atoms with Gasteiger partial charge in [-0.25, -0.2) is 9.97 Å². The Morgan fingerprint density at radius 2 is 1.88 bits per heavy atom. The molecule has 3 aliphatic rings. The zero-order chi connectivity index (χ0) is 22.5. The lowest BCUT2D eigenvalue weighted by Crippen LogP contribution is -2.52. The average molecular weight is 437 g/mol. The smallest absolute Gasteiger partial charge is 0.253 e. The third-order valence-electron chi connectivity index (χ3n) is 6.90. The quantitative estimate of drug-likeness (QED) is 0.564. The number of hydrogen-bond donors (Lipinski definition) is 1. The standard InChI is InChI=1S/C25H36N6O/c1-3-20(10-9-19(2)26)24(32)30-12-5-8-23-21(11-13-30)18-27-25(28-23)31-16-14-29(15-17-31)22-6-4-7-22/h3,9-10,18,22H,1,4-8,11-17,26H2,2H3/b19-9+,20-10+. The summed E-state index contributed by atoms with van der Waals surface area (Å²) in [6.07, 6.45) is 13.7. The molecule has 2 fully saturated rings. The number of hydrogen-bond acceptors (Lipinski definition) is 6.